The fourth-order valence-corrected chi connectivity index (χ4v) is 1.09. The number of aromatic nitrogens is 2. The number of nitrogens with zero attached hydrogens (tertiary/aromatic N) is 2. The maximum Gasteiger partial charge on any atom is 0.231 e. The Bertz CT molecular complexity index is 253. The smallest absolute Gasteiger partial charge is 0.231 e. The SMILES string of the molecule is CCC(CN)c1nc(C(C)C)no1. The summed E-state index contributed by atoms with van der Waals surface area (Å²) >= 11 is 0. The maximum absolute atomic E-state index is 5.57. The quantitative estimate of drug-likeness (QED) is 0.770. The first kappa shape index (κ1) is 10.2. The molecule has 0 saturated heterocycles. The fraction of sp³-hybridized carbons (Fsp3) is 0.778. The summed E-state index contributed by atoms with van der Waals surface area (Å²) in [5.74, 6) is 1.96. The molecule has 0 aliphatic rings. The largest absolute Gasteiger partial charge is 0.339 e. The lowest BCUT2D eigenvalue weighted by Gasteiger charge is -2.04. The average Bonchev–Trinajstić information content (AvgIpc) is 2.56. The standard InChI is InChI=1S/C9H17N3O/c1-4-7(5-10)9-11-8(6(2)3)12-13-9/h6-7H,4-5,10H2,1-3H3. The molecule has 0 saturated carbocycles. The molecule has 74 valence electrons. The summed E-state index contributed by atoms with van der Waals surface area (Å²) in [7, 11) is 0. The van der Waals surface area contributed by atoms with Crippen LogP contribution < -0.4 is 5.73 Å². The maximum atomic E-state index is 5.57. The molecule has 13 heavy (non-hydrogen) atoms. The van der Waals surface area contributed by atoms with Crippen LogP contribution in [0.4, 0.5) is 0 Å². The van der Waals surface area contributed by atoms with Gasteiger partial charge in [-0.2, -0.15) is 4.98 Å². The van der Waals surface area contributed by atoms with Crippen molar-refractivity contribution >= 4 is 0 Å². The van der Waals surface area contributed by atoms with Gasteiger partial charge in [0.15, 0.2) is 5.82 Å². The summed E-state index contributed by atoms with van der Waals surface area (Å²) in [6.07, 6.45) is 0.941. The molecule has 4 heteroatoms. The average molecular weight is 183 g/mol. The second-order valence-corrected chi connectivity index (χ2v) is 3.49. The molecule has 1 aromatic heterocycles. The molecule has 1 unspecified atom stereocenters. The summed E-state index contributed by atoms with van der Waals surface area (Å²) in [4.78, 5) is 4.29. The Kier molecular flexibility index (Phi) is 3.42. The fourth-order valence-electron chi connectivity index (χ4n) is 1.09. The molecule has 1 rings (SSSR count). The zero-order valence-electron chi connectivity index (χ0n) is 8.45. The lowest BCUT2D eigenvalue weighted by Crippen LogP contribution is -2.11. The van der Waals surface area contributed by atoms with E-state index in [1.54, 1.807) is 0 Å². The number of rotatable bonds is 4. The molecule has 0 bridgehead atoms. The van der Waals surface area contributed by atoms with E-state index < -0.39 is 0 Å². The summed E-state index contributed by atoms with van der Waals surface area (Å²) in [6.45, 7) is 6.71. The first-order chi connectivity index (χ1) is 6.19. The van der Waals surface area contributed by atoms with Gasteiger partial charge in [0.1, 0.15) is 0 Å². The van der Waals surface area contributed by atoms with E-state index in [0.29, 0.717) is 18.4 Å². The highest BCUT2D eigenvalue weighted by molar-refractivity contribution is 4.97. The first-order valence-corrected chi connectivity index (χ1v) is 4.72. The van der Waals surface area contributed by atoms with Gasteiger partial charge in [0.05, 0.1) is 5.92 Å². The molecule has 0 spiro atoms. The molecule has 1 atom stereocenters. The van der Waals surface area contributed by atoms with Crippen molar-refractivity contribution in [1.29, 1.82) is 0 Å². The molecule has 0 radical (unpaired) electrons. The summed E-state index contributed by atoms with van der Waals surface area (Å²) in [5.41, 5.74) is 5.57. The molecule has 0 aliphatic carbocycles. The minimum absolute atomic E-state index is 0.208. The highest BCUT2D eigenvalue weighted by Crippen LogP contribution is 2.18. The van der Waals surface area contributed by atoms with Crippen molar-refractivity contribution < 1.29 is 4.52 Å². The van der Waals surface area contributed by atoms with Gasteiger partial charge in [0.2, 0.25) is 5.89 Å². The Balaban J connectivity index is 2.78. The van der Waals surface area contributed by atoms with E-state index in [4.69, 9.17) is 10.3 Å². The Labute approximate surface area is 78.5 Å². The second kappa shape index (κ2) is 4.37. The van der Waals surface area contributed by atoms with Gasteiger partial charge in [-0.25, -0.2) is 0 Å². The molecule has 0 aliphatic heterocycles. The van der Waals surface area contributed by atoms with Crippen molar-refractivity contribution in [3.8, 4) is 0 Å². The zero-order chi connectivity index (χ0) is 9.84. The van der Waals surface area contributed by atoms with Crippen LogP contribution in [0.1, 0.15) is 50.7 Å². The molecule has 1 heterocycles. The van der Waals surface area contributed by atoms with E-state index in [1.807, 2.05) is 13.8 Å². The highest BCUT2D eigenvalue weighted by Gasteiger charge is 2.16. The van der Waals surface area contributed by atoms with Crippen molar-refractivity contribution in [1.82, 2.24) is 10.1 Å². The van der Waals surface area contributed by atoms with E-state index in [9.17, 15) is 0 Å². The molecular formula is C9H17N3O. The van der Waals surface area contributed by atoms with E-state index in [-0.39, 0.29) is 5.92 Å². The Morgan fingerprint density at radius 1 is 1.46 bits per heavy atom. The molecular weight excluding hydrogens is 166 g/mol. The van der Waals surface area contributed by atoms with Gasteiger partial charge in [-0.3, -0.25) is 0 Å². The van der Waals surface area contributed by atoms with E-state index >= 15 is 0 Å². The van der Waals surface area contributed by atoms with Crippen LogP contribution in [0.25, 0.3) is 0 Å². The van der Waals surface area contributed by atoms with Crippen molar-refractivity contribution in [2.75, 3.05) is 6.54 Å². The monoisotopic (exact) mass is 183 g/mol. The van der Waals surface area contributed by atoms with Gasteiger partial charge >= 0.3 is 0 Å². The number of hydrogen-bond acceptors (Lipinski definition) is 4. The van der Waals surface area contributed by atoms with E-state index in [2.05, 4.69) is 17.1 Å². The third-order valence-electron chi connectivity index (χ3n) is 2.10. The first-order valence-electron chi connectivity index (χ1n) is 4.72. The van der Waals surface area contributed by atoms with Crippen LogP contribution in [0.15, 0.2) is 4.52 Å². The Morgan fingerprint density at radius 2 is 2.15 bits per heavy atom. The second-order valence-electron chi connectivity index (χ2n) is 3.49. The number of nitrogens with two attached hydrogens (primary N) is 1. The number of hydrogen-bond donors (Lipinski definition) is 1. The van der Waals surface area contributed by atoms with Crippen LogP contribution in [0.5, 0.6) is 0 Å². The van der Waals surface area contributed by atoms with Gasteiger partial charge in [-0.15, -0.1) is 0 Å². The molecule has 0 aromatic carbocycles. The van der Waals surface area contributed by atoms with Crippen LogP contribution in [0, 0.1) is 0 Å². The molecule has 1 aromatic rings. The lowest BCUT2D eigenvalue weighted by molar-refractivity contribution is 0.346. The van der Waals surface area contributed by atoms with Gasteiger partial charge < -0.3 is 10.3 Å². The van der Waals surface area contributed by atoms with Crippen molar-refractivity contribution in [2.24, 2.45) is 5.73 Å². The molecule has 0 amide bonds. The summed E-state index contributed by atoms with van der Waals surface area (Å²) in [6, 6.07) is 0. The normalized spacial score (nSPS) is 13.6. The predicted octanol–water partition coefficient (Wildman–Crippen LogP) is 1.65. The Hall–Kier alpha value is -0.900. The predicted molar refractivity (Wildman–Crippen MR) is 50.5 cm³/mol. The third kappa shape index (κ3) is 2.28. The minimum atomic E-state index is 0.208. The van der Waals surface area contributed by atoms with E-state index in [0.717, 1.165) is 12.2 Å². The Morgan fingerprint density at radius 3 is 2.54 bits per heavy atom. The lowest BCUT2D eigenvalue weighted by atomic mass is 10.1. The van der Waals surface area contributed by atoms with Gasteiger partial charge in [-0.05, 0) is 6.42 Å². The van der Waals surface area contributed by atoms with Crippen molar-refractivity contribution in [3.05, 3.63) is 11.7 Å². The highest BCUT2D eigenvalue weighted by atomic mass is 16.5. The summed E-state index contributed by atoms with van der Waals surface area (Å²) < 4.78 is 5.13. The van der Waals surface area contributed by atoms with Crippen LogP contribution in [0.3, 0.4) is 0 Å². The zero-order valence-corrected chi connectivity index (χ0v) is 8.45. The van der Waals surface area contributed by atoms with Crippen LogP contribution in [-0.2, 0) is 0 Å². The van der Waals surface area contributed by atoms with Gasteiger partial charge in [0, 0.05) is 12.5 Å². The topological polar surface area (TPSA) is 64.9 Å². The van der Waals surface area contributed by atoms with E-state index in [1.165, 1.54) is 0 Å². The van der Waals surface area contributed by atoms with Gasteiger partial charge in [-0.1, -0.05) is 25.9 Å². The van der Waals surface area contributed by atoms with Crippen LogP contribution in [0.2, 0.25) is 0 Å². The van der Waals surface area contributed by atoms with Gasteiger partial charge in [0.25, 0.3) is 0 Å². The van der Waals surface area contributed by atoms with Crippen molar-refractivity contribution in [2.45, 2.75) is 39.0 Å². The minimum Gasteiger partial charge on any atom is -0.339 e. The van der Waals surface area contributed by atoms with Crippen LogP contribution in [-0.4, -0.2) is 16.7 Å². The third-order valence-corrected chi connectivity index (χ3v) is 2.10. The molecule has 0 fully saturated rings. The summed E-state index contributed by atoms with van der Waals surface area (Å²) in [5, 5.41) is 3.89. The molecule has 4 nitrogen and oxygen atoms in total. The van der Waals surface area contributed by atoms with Crippen molar-refractivity contribution in [3.63, 3.8) is 0 Å². The van der Waals surface area contributed by atoms with Crippen LogP contribution >= 0.6 is 0 Å². The molecule has 2 N–H and O–H groups in total.